The Labute approximate surface area is 143 Å². The van der Waals surface area contributed by atoms with E-state index < -0.39 is 0 Å². The van der Waals surface area contributed by atoms with E-state index in [-0.39, 0.29) is 12.5 Å². The second-order valence-electron chi connectivity index (χ2n) is 5.02. The number of halogens is 1. The summed E-state index contributed by atoms with van der Waals surface area (Å²) in [5, 5.41) is 10.8. The molecule has 3 aromatic rings. The van der Waals surface area contributed by atoms with Crippen LogP contribution >= 0.6 is 11.6 Å². The molecule has 0 saturated carbocycles. The maximum atomic E-state index is 12.0. The van der Waals surface area contributed by atoms with Crippen LogP contribution in [-0.4, -0.2) is 22.7 Å². The molecule has 0 unspecified atom stereocenters. The maximum absolute atomic E-state index is 12.0. The number of hydrogen-bond acceptors (Lipinski definition) is 5. The van der Waals surface area contributed by atoms with Crippen LogP contribution in [-0.2, 0) is 4.79 Å². The topological polar surface area (TPSA) is 77.2 Å². The predicted octanol–water partition coefficient (Wildman–Crippen LogP) is 3.72. The van der Waals surface area contributed by atoms with E-state index in [1.54, 1.807) is 36.4 Å². The first kappa shape index (κ1) is 16.0. The Bertz CT molecular complexity index is 850. The SMILES string of the molecule is Cc1c(Cl)cccc1NC(=O)COc1cccc(-c2nnco2)c1. The van der Waals surface area contributed by atoms with Gasteiger partial charge in [-0.25, -0.2) is 0 Å². The highest BCUT2D eigenvalue weighted by molar-refractivity contribution is 6.31. The van der Waals surface area contributed by atoms with Crippen molar-refractivity contribution in [2.45, 2.75) is 6.92 Å². The summed E-state index contributed by atoms with van der Waals surface area (Å²) in [6, 6.07) is 12.4. The molecule has 1 aromatic heterocycles. The maximum Gasteiger partial charge on any atom is 0.262 e. The number of anilines is 1. The quantitative estimate of drug-likeness (QED) is 0.764. The summed E-state index contributed by atoms with van der Waals surface area (Å²) in [7, 11) is 0. The Hall–Kier alpha value is -2.86. The number of carbonyl (C=O) groups is 1. The molecular formula is C17H14ClN3O3. The van der Waals surface area contributed by atoms with Crippen molar-refractivity contribution in [3.63, 3.8) is 0 Å². The monoisotopic (exact) mass is 343 g/mol. The average Bonchev–Trinajstić information content (AvgIpc) is 3.12. The van der Waals surface area contributed by atoms with Gasteiger partial charge >= 0.3 is 0 Å². The van der Waals surface area contributed by atoms with Crippen LogP contribution in [0.4, 0.5) is 5.69 Å². The number of ether oxygens (including phenoxy) is 1. The van der Waals surface area contributed by atoms with Gasteiger partial charge in [0.05, 0.1) is 0 Å². The summed E-state index contributed by atoms with van der Waals surface area (Å²) in [6.07, 6.45) is 1.25. The largest absolute Gasteiger partial charge is 0.484 e. The first-order valence-corrected chi connectivity index (χ1v) is 7.55. The third-order valence-corrected chi connectivity index (χ3v) is 3.76. The molecule has 0 aliphatic rings. The van der Waals surface area contributed by atoms with Gasteiger partial charge in [-0.15, -0.1) is 10.2 Å². The van der Waals surface area contributed by atoms with Crippen molar-refractivity contribution in [3.8, 4) is 17.2 Å². The van der Waals surface area contributed by atoms with Crippen molar-refractivity contribution in [1.29, 1.82) is 0 Å². The molecule has 0 aliphatic heterocycles. The second-order valence-corrected chi connectivity index (χ2v) is 5.43. The van der Waals surface area contributed by atoms with Crippen LogP contribution in [0.15, 0.2) is 53.3 Å². The fourth-order valence-electron chi connectivity index (χ4n) is 2.10. The molecule has 0 bridgehead atoms. The molecule has 3 rings (SSSR count). The number of nitrogens with one attached hydrogen (secondary N) is 1. The lowest BCUT2D eigenvalue weighted by molar-refractivity contribution is -0.118. The normalized spacial score (nSPS) is 10.4. The molecule has 1 heterocycles. The number of hydrogen-bond donors (Lipinski definition) is 1. The summed E-state index contributed by atoms with van der Waals surface area (Å²) in [6.45, 7) is 1.71. The van der Waals surface area contributed by atoms with Gasteiger partial charge in [-0.3, -0.25) is 4.79 Å². The standard InChI is InChI=1S/C17H14ClN3O3/c1-11-14(18)6-3-7-15(11)20-16(22)9-23-13-5-2-4-12(8-13)17-21-19-10-24-17/h2-8,10H,9H2,1H3,(H,20,22). The molecule has 6 nitrogen and oxygen atoms in total. The van der Waals surface area contributed by atoms with Gasteiger partial charge in [-0.05, 0) is 42.8 Å². The molecule has 2 aromatic carbocycles. The van der Waals surface area contributed by atoms with E-state index in [9.17, 15) is 4.79 Å². The molecule has 122 valence electrons. The lowest BCUT2D eigenvalue weighted by Gasteiger charge is -2.10. The van der Waals surface area contributed by atoms with Crippen LogP contribution < -0.4 is 10.1 Å². The predicted molar refractivity (Wildman–Crippen MR) is 90.0 cm³/mol. The molecule has 1 N–H and O–H groups in total. The highest BCUT2D eigenvalue weighted by atomic mass is 35.5. The molecule has 0 atom stereocenters. The van der Waals surface area contributed by atoms with E-state index >= 15 is 0 Å². The average molecular weight is 344 g/mol. The third-order valence-electron chi connectivity index (χ3n) is 3.35. The first-order chi connectivity index (χ1) is 11.6. The van der Waals surface area contributed by atoms with Crippen LogP contribution in [0.1, 0.15) is 5.56 Å². The van der Waals surface area contributed by atoms with E-state index in [4.69, 9.17) is 20.8 Å². The number of aromatic nitrogens is 2. The first-order valence-electron chi connectivity index (χ1n) is 7.18. The number of benzene rings is 2. The molecule has 7 heteroatoms. The van der Waals surface area contributed by atoms with E-state index in [1.165, 1.54) is 6.39 Å². The van der Waals surface area contributed by atoms with Crippen molar-refractivity contribution in [3.05, 3.63) is 59.4 Å². The lowest BCUT2D eigenvalue weighted by Crippen LogP contribution is -2.20. The van der Waals surface area contributed by atoms with Crippen LogP contribution in [0.3, 0.4) is 0 Å². The van der Waals surface area contributed by atoms with Crippen molar-refractivity contribution in [2.24, 2.45) is 0 Å². The molecular weight excluding hydrogens is 330 g/mol. The van der Waals surface area contributed by atoms with E-state index in [0.717, 1.165) is 11.1 Å². The van der Waals surface area contributed by atoms with E-state index in [0.29, 0.717) is 22.4 Å². The van der Waals surface area contributed by atoms with Gasteiger partial charge in [0.15, 0.2) is 6.61 Å². The van der Waals surface area contributed by atoms with Crippen molar-refractivity contribution >= 4 is 23.2 Å². The van der Waals surface area contributed by atoms with Crippen molar-refractivity contribution in [1.82, 2.24) is 10.2 Å². The summed E-state index contributed by atoms with van der Waals surface area (Å²) in [4.78, 5) is 12.0. The third kappa shape index (κ3) is 3.72. The summed E-state index contributed by atoms with van der Waals surface area (Å²) in [5.41, 5.74) is 2.19. The molecule has 1 amide bonds. The number of amides is 1. The van der Waals surface area contributed by atoms with Gasteiger partial charge in [-0.1, -0.05) is 23.7 Å². The minimum Gasteiger partial charge on any atom is -0.484 e. The molecule has 0 radical (unpaired) electrons. The zero-order chi connectivity index (χ0) is 16.9. The fourth-order valence-corrected chi connectivity index (χ4v) is 2.27. The Morgan fingerprint density at radius 1 is 1.29 bits per heavy atom. The van der Waals surface area contributed by atoms with E-state index in [2.05, 4.69) is 15.5 Å². The van der Waals surface area contributed by atoms with Crippen LogP contribution in [0.25, 0.3) is 11.5 Å². The number of rotatable bonds is 5. The number of nitrogens with zero attached hydrogens (tertiary/aromatic N) is 2. The van der Waals surface area contributed by atoms with Gasteiger partial charge < -0.3 is 14.5 Å². The molecule has 0 fully saturated rings. The fraction of sp³-hybridized carbons (Fsp3) is 0.118. The Kier molecular flexibility index (Phi) is 4.77. The molecule has 0 saturated heterocycles. The second kappa shape index (κ2) is 7.14. The van der Waals surface area contributed by atoms with Gasteiger partial charge in [0.25, 0.3) is 5.91 Å². The highest BCUT2D eigenvalue weighted by Gasteiger charge is 2.09. The van der Waals surface area contributed by atoms with Crippen LogP contribution in [0.2, 0.25) is 5.02 Å². The minimum absolute atomic E-state index is 0.126. The summed E-state index contributed by atoms with van der Waals surface area (Å²) >= 11 is 6.03. The van der Waals surface area contributed by atoms with Gasteiger partial charge in [0.1, 0.15) is 5.75 Å². The van der Waals surface area contributed by atoms with Crippen LogP contribution in [0, 0.1) is 6.92 Å². The Morgan fingerprint density at radius 2 is 2.12 bits per heavy atom. The molecule has 0 aliphatic carbocycles. The van der Waals surface area contributed by atoms with Crippen molar-refractivity contribution < 1.29 is 13.9 Å². The summed E-state index contributed by atoms with van der Waals surface area (Å²) < 4.78 is 10.6. The number of carbonyl (C=O) groups excluding carboxylic acids is 1. The Morgan fingerprint density at radius 3 is 2.92 bits per heavy atom. The van der Waals surface area contributed by atoms with Gasteiger partial charge in [-0.2, -0.15) is 0 Å². The van der Waals surface area contributed by atoms with Gasteiger partial charge in [0, 0.05) is 16.3 Å². The highest BCUT2D eigenvalue weighted by Crippen LogP contribution is 2.23. The van der Waals surface area contributed by atoms with Crippen molar-refractivity contribution in [2.75, 3.05) is 11.9 Å². The smallest absolute Gasteiger partial charge is 0.262 e. The Balaban J connectivity index is 1.62. The van der Waals surface area contributed by atoms with E-state index in [1.807, 2.05) is 13.0 Å². The molecule has 0 spiro atoms. The van der Waals surface area contributed by atoms with Gasteiger partial charge in [0.2, 0.25) is 12.3 Å². The van der Waals surface area contributed by atoms with Crippen LogP contribution in [0.5, 0.6) is 5.75 Å². The lowest BCUT2D eigenvalue weighted by atomic mass is 10.2. The minimum atomic E-state index is -0.274. The zero-order valence-electron chi connectivity index (χ0n) is 12.8. The molecule has 24 heavy (non-hydrogen) atoms. The summed E-state index contributed by atoms with van der Waals surface area (Å²) in [5.74, 6) is 0.645. The zero-order valence-corrected chi connectivity index (χ0v) is 13.6.